The number of carbonyl (C=O) groups excluding carboxylic acids is 1. The fourth-order valence-corrected chi connectivity index (χ4v) is 4.52. The summed E-state index contributed by atoms with van der Waals surface area (Å²) in [4.78, 5) is 36.4. The summed E-state index contributed by atoms with van der Waals surface area (Å²) >= 11 is 0. The first kappa shape index (κ1) is 25.8. The van der Waals surface area contributed by atoms with Crippen LogP contribution in [0, 0.1) is 20.8 Å². The van der Waals surface area contributed by atoms with Crippen molar-refractivity contribution in [2.45, 2.75) is 40.4 Å². The van der Waals surface area contributed by atoms with Gasteiger partial charge in [-0.2, -0.15) is 0 Å². The van der Waals surface area contributed by atoms with Gasteiger partial charge in [0.2, 0.25) is 0 Å². The summed E-state index contributed by atoms with van der Waals surface area (Å²) in [5.74, 6) is 1.27. The second-order valence-electron chi connectivity index (χ2n) is 9.62. The number of pyridine rings is 1. The maximum Gasteiger partial charge on any atom is 0.261 e. The zero-order chi connectivity index (χ0) is 27.5. The van der Waals surface area contributed by atoms with Crippen LogP contribution < -0.4 is 15.8 Å². The fraction of sp³-hybridized carbons (Fsp3) is 0.233. The molecule has 0 aliphatic carbocycles. The third kappa shape index (κ3) is 5.57. The number of rotatable bonds is 8. The topological polar surface area (TPSA) is 106 Å². The third-order valence-corrected chi connectivity index (χ3v) is 6.94. The van der Waals surface area contributed by atoms with E-state index in [9.17, 15) is 9.59 Å². The number of aryl methyl sites for hydroxylation is 3. The molecule has 3 heterocycles. The van der Waals surface area contributed by atoms with E-state index in [2.05, 4.69) is 25.3 Å². The van der Waals surface area contributed by atoms with Crippen LogP contribution in [-0.2, 0) is 26.7 Å². The maximum absolute atomic E-state index is 12.9. The summed E-state index contributed by atoms with van der Waals surface area (Å²) in [6, 6.07) is 17.1. The molecule has 0 bridgehead atoms. The van der Waals surface area contributed by atoms with Crippen LogP contribution in [0.1, 0.15) is 44.3 Å². The molecule has 1 amide bonds. The van der Waals surface area contributed by atoms with Crippen molar-refractivity contribution >= 4 is 22.5 Å². The van der Waals surface area contributed by atoms with Gasteiger partial charge in [0, 0.05) is 55.9 Å². The molecule has 0 atom stereocenters. The Morgan fingerprint density at radius 2 is 1.82 bits per heavy atom. The van der Waals surface area contributed by atoms with Gasteiger partial charge < -0.3 is 14.7 Å². The van der Waals surface area contributed by atoms with E-state index in [4.69, 9.17) is 4.52 Å². The fourth-order valence-electron chi connectivity index (χ4n) is 4.52. The van der Waals surface area contributed by atoms with Crippen LogP contribution in [0.15, 0.2) is 76.3 Å². The molecule has 3 aromatic heterocycles. The molecule has 0 fully saturated rings. The molecule has 0 aliphatic heterocycles. The monoisotopic (exact) mass is 522 g/mol. The van der Waals surface area contributed by atoms with Gasteiger partial charge >= 0.3 is 0 Å². The highest BCUT2D eigenvalue weighted by atomic mass is 16.5. The van der Waals surface area contributed by atoms with Gasteiger partial charge in [0.25, 0.3) is 11.5 Å². The Balaban J connectivity index is 1.42. The molecule has 0 aliphatic rings. The van der Waals surface area contributed by atoms with Crippen molar-refractivity contribution in [3.63, 3.8) is 0 Å². The Morgan fingerprint density at radius 1 is 1.03 bits per heavy atom. The molecule has 0 saturated heterocycles. The second-order valence-corrected chi connectivity index (χ2v) is 9.62. The predicted molar refractivity (Wildman–Crippen MR) is 149 cm³/mol. The number of hydrogen-bond acceptors (Lipinski definition) is 7. The van der Waals surface area contributed by atoms with Crippen LogP contribution >= 0.6 is 0 Å². The van der Waals surface area contributed by atoms with Crippen LogP contribution in [-0.4, -0.2) is 25.6 Å². The molecule has 0 saturated carbocycles. The van der Waals surface area contributed by atoms with Crippen LogP contribution in [0.25, 0.3) is 10.9 Å². The van der Waals surface area contributed by atoms with Gasteiger partial charge in [-0.15, -0.1) is 0 Å². The number of fused-ring (bicyclic) bond motifs is 1. The van der Waals surface area contributed by atoms with E-state index in [0.717, 1.165) is 33.8 Å². The number of hydrogen-bond donors (Lipinski definition) is 1. The first-order valence-electron chi connectivity index (χ1n) is 12.7. The van der Waals surface area contributed by atoms with E-state index in [-0.39, 0.29) is 11.5 Å². The molecule has 9 heteroatoms. The van der Waals surface area contributed by atoms with Gasteiger partial charge in [-0.1, -0.05) is 17.3 Å². The standard InChI is InChI=1S/C30H30N6O3/c1-19-27(20(2)39-34-19)18-36(17-22-7-12-28-26(14-22)30(38)35(4)21(3)33-28)25-10-8-24(9-11-25)29(37)32-16-23-6-5-13-31-15-23/h5-15H,16-18H2,1-4H3,(H,32,37). The van der Waals surface area contributed by atoms with Crippen molar-refractivity contribution in [1.82, 2.24) is 25.0 Å². The third-order valence-electron chi connectivity index (χ3n) is 6.94. The zero-order valence-corrected chi connectivity index (χ0v) is 22.4. The number of benzene rings is 2. The molecular weight excluding hydrogens is 492 g/mol. The summed E-state index contributed by atoms with van der Waals surface area (Å²) in [7, 11) is 1.73. The summed E-state index contributed by atoms with van der Waals surface area (Å²) in [6.07, 6.45) is 3.43. The molecular formula is C30H30N6O3. The lowest BCUT2D eigenvalue weighted by Gasteiger charge is -2.25. The molecule has 2 aromatic carbocycles. The first-order valence-corrected chi connectivity index (χ1v) is 12.7. The van der Waals surface area contributed by atoms with E-state index in [1.807, 2.05) is 75.4 Å². The van der Waals surface area contributed by atoms with Gasteiger partial charge in [0.05, 0.1) is 16.6 Å². The molecule has 5 aromatic rings. The molecule has 0 spiro atoms. The van der Waals surface area contributed by atoms with E-state index in [1.54, 1.807) is 24.0 Å². The second kappa shape index (κ2) is 10.9. The lowest BCUT2D eigenvalue weighted by Crippen LogP contribution is -2.25. The Labute approximate surface area is 226 Å². The van der Waals surface area contributed by atoms with Crippen molar-refractivity contribution in [2.24, 2.45) is 7.05 Å². The average Bonchev–Trinajstić information content (AvgIpc) is 3.27. The van der Waals surface area contributed by atoms with E-state index in [0.29, 0.717) is 41.9 Å². The maximum atomic E-state index is 12.9. The average molecular weight is 523 g/mol. The van der Waals surface area contributed by atoms with Crippen LogP contribution in [0.5, 0.6) is 0 Å². The first-order chi connectivity index (χ1) is 18.8. The van der Waals surface area contributed by atoms with Crippen molar-refractivity contribution < 1.29 is 9.32 Å². The lowest BCUT2D eigenvalue weighted by molar-refractivity contribution is 0.0951. The van der Waals surface area contributed by atoms with Crippen LogP contribution in [0.4, 0.5) is 5.69 Å². The molecule has 0 unspecified atom stereocenters. The molecule has 198 valence electrons. The lowest BCUT2D eigenvalue weighted by atomic mass is 10.1. The normalized spacial score (nSPS) is 11.1. The highest BCUT2D eigenvalue weighted by Gasteiger charge is 2.17. The Bertz CT molecular complexity index is 1670. The number of aromatic nitrogens is 4. The van der Waals surface area contributed by atoms with Crippen molar-refractivity contribution in [3.8, 4) is 0 Å². The number of amides is 1. The quantitative estimate of drug-likeness (QED) is 0.322. The number of carbonyl (C=O) groups is 1. The molecule has 9 nitrogen and oxygen atoms in total. The number of nitrogens with one attached hydrogen (secondary N) is 1. The van der Waals surface area contributed by atoms with Crippen molar-refractivity contribution in [3.05, 3.63) is 117 Å². The van der Waals surface area contributed by atoms with Gasteiger partial charge in [-0.05, 0) is 74.4 Å². The largest absolute Gasteiger partial charge is 0.363 e. The minimum Gasteiger partial charge on any atom is -0.363 e. The minimum absolute atomic E-state index is 0.0710. The van der Waals surface area contributed by atoms with E-state index >= 15 is 0 Å². The highest BCUT2D eigenvalue weighted by molar-refractivity contribution is 5.94. The van der Waals surface area contributed by atoms with Gasteiger partial charge in [-0.25, -0.2) is 4.98 Å². The van der Waals surface area contributed by atoms with E-state index in [1.165, 1.54) is 0 Å². The summed E-state index contributed by atoms with van der Waals surface area (Å²) in [5, 5.41) is 7.63. The zero-order valence-electron chi connectivity index (χ0n) is 22.4. The smallest absolute Gasteiger partial charge is 0.261 e. The van der Waals surface area contributed by atoms with E-state index < -0.39 is 0 Å². The van der Waals surface area contributed by atoms with Crippen LogP contribution in [0.3, 0.4) is 0 Å². The number of anilines is 1. The summed E-state index contributed by atoms with van der Waals surface area (Å²) in [5.41, 5.74) is 5.83. The predicted octanol–water partition coefficient (Wildman–Crippen LogP) is 4.38. The molecule has 5 rings (SSSR count). The highest BCUT2D eigenvalue weighted by Crippen LogP contribution is 2.25. The number of nitrogens with zero attached hydrogens (tertiary/aromatic N) is 5. The minimum atomic E-state index is -0.157. The molecule has 1 N–H and O–H groups in total. The van der Waals surface area contributed by atoms with Gasteiger partial charge in [0.1, 0.15) is 11.6 Å². The van der Waals surface area contributed by atoms with Crippen molar-refractivity contribution in [1.29, 1.82) is 0 Å². The molecule has 39 heavy (non-hydrogen) atoms. The van der Waals surface area contributed by atoms with Gasteiger partial charge in [-0.3, -0.25) is 19.1 Å². The van der Waals surface area contributed by atoms with Crippen molar-refractivity contribution in [2.75, 3.05) is 4.90 Å². The molecule has 0 radical (unpaired) electrons. The van der Waals surface area contributed by atoms with Gasteiger partial charge in [0.15, 0.2) is 0 Å². The Hall–Kier alpha value is -4.79. The summed E-state index contributed by atoms with van der Waals surface area (Å²) < 4.78 is 6.97. The summed E-state index contributed by atoms with van der Waals surface area (Å²) in [6.45, 7) is 7.13. The Morgan fingerprint density at radius 3 is 2.51 bits per heavy atom. The SMILES string of the molecule is Cc1noc(C)c1CN(Cc1ccc2nc(C)n(C)c(=O)c2c1)c1ccc(C(=O)NCc2cccnc2)cc1. The van der Waals surface area contributed by atoms with Crippen LogP contribution in [0.2, 0.25) is 0 Å². The Kier molecular flexibility index (Phi) is 7.23.